The molecule has 1 fully saturated rings. The molecule has 2 aromatic carbocycles. The predicted octanol–water partition coefficient (Wildman–Crippen LogP) is 5.05. The molecule has 0 aromatic heterocycles. The van der Waals surface area contributed by atoms with Crippen molar-refractivity contribution in [2.75, 3.05) is 24.1 Å². The number of ether oxygens (including phenoxy) is 1. The number of nitrogens with zero attached hydrogens (tertiary/aromatic N) is 1. The zero-order valence-corrected chi connectivity index (χ0v) is 19.7. The number of nitrogens with one attached hydrogen (secondary N) is 1. The third-order valence-corrected chi connectivity index (χ3v) is 6.56. The van der Waals surface area contributed by atoms with Gasteiger partial charge in [0.05, 0.1) is 12.8 Å². The Morgan fingerprint density at radius 3 is 2.38 bits per heavy atom. The van der Waals surface area contributed by atoms with Crippen molar-refractivity contribution in [2.45, 2.75) is 45.6 Å². The molecule has 2 aromatic rings. The van der Waals surface area contributed by atoms with Crippen LogP contribution in [0.4, 0.5) is 10.5 Å². The van der Waals surface area contributed by atoms with Gasteiger partial charge in [0.2, 0.25) is 10.0 Å². The normalized spacial score (nSPS) is 16.3. The third kappa shape index (κ3) is 6.88. The van der Waals surface area contributed by atoms with Crippen molar-refractivity contribution in [3.05, 3.63) is 48.5 Å². The lowest BCUT2D eigenvalue weighted by molar-refractivity contribution is 0.0804. The highest BCUT2D eigenvalue weighted by Crippen LogP contribution is 2.37. The van der Waals surface area contributed by atoms with E-state index < -0.39 is 16.1 Å². The van der Waals surface area contributed by atoms with E-state index >= 15 is 0 Å². The fraction of sp³-hybridized carbons (Fsp3) is 0.458. The molecule has 1 aliphatic rings. The Labute approximate surface area is 190 Å². The Morgan fingerprint density at radius 2 is 1.78 bits per heavy atom. The van der Waals surface area contributed by atoms with E-state index in [0.29, 0.717) is 30.0 Å². The van der Waals surface area contributed by atoms with Crippen molar-refractivity contribution in [1.82, 2.24) is 4.90 Å². The number of carbonyl (C=O) groups is 1. The molecular weight excluding hydrogens is 428 g/mol. The van der Waals surface area contributed by atoms with Crippen LogP contribution in [0.25, 0.3) is 11.1 Å². The predicted molar refractivity (Wildman–Crippen MR) is 127 cm³/mol. The Balaban J connectivity index is 1.57. The average molecular weight is 461 g/mol. The molecule has 32 heavy (non-hydrogen) atoms. The molecular formula is C24H32N2O5S. The molecule has 2 N–H and O–H groups in total. The van der Waals surface area contributed by atoms with Gasteiger partial charge in [0.1, 0.15) is 12.4 Å². The van der Waals surface area contributed by atoms with Crippen LogP contribution in [0, 0.1) is 5.41 Å². The number of hydrogen-bond donors (Lipinski definition) is 2. The minimum atomic E-state index is -3.34. The van der Waals surface area contributed by atoms with Crippen LogP contribution in [-0.4, -0.2) is 50.0 Å². The maximum Gasteiger partial charge on any atom is 0.407 e. The molecule has 0 atom stereocenters. The van der Waals surface area contributed by atoms with Gasteiger partial charge in [0.25, 0.3) is 0 Å². The van der Waals surface area contributed by atoms with Gasteiger partial charge in [-0.2, -0.15) is 0 Å². The smallest absolute Gasteiger partial charge is 0.407 e. The molecule has 0 unspecified atom stereocenters. The number of sulfonamides is 1. The Kier molecular flexibility index (Phi) is 7.33. The Bertz CT molecular complexity index is 1020. The molecule has 3 rings (SSSR count). The fourth-order valence-electron chi connectivity index (χ4n) is 4.11. The van der Waals surface area contributed by atoms with Crippen LogP contribution in [0.1, 0.15) is 39.5 Å². The number of anilines is 1. The lowest BCUT2D eigenvalue weighted by atomic mass is 9.75. The van der Waals surface area contributed by atoms with E-state index in [1.54, 1.807) is 18.2 Å². The second-order valence-corrected chi connectivity index (χ2v) is 10.9. The number of amides is 1. The van der Waals surface area contributed by atoms with E-state index in [1.807, 2.05) is 30.3 Å². The number of benzene rings is 2. The maximum atomic E-state index is 11.7. The standard InChI is InChI=1S/C24H32N2O5S/c1-24(2)13-11-21(12-14-24)26(23(27)28)15-16-31-22-9-7-18(8-10-22)19-5-4-6-20(17-19)25-32(3,29)30/h4-10,17,21,25H,11-16H2,1-3H3,(H,27,28). The molecule has 0 aliphatic heterocycles. The minimum Gasteiger partial charge on any atom is -0.492 e. The average Bonchev–Trinajstić information content (AvgIpc) is 2.71. The summed E-state index contributed by atoms with van der Waals surface area (Å²) in [5, 5.41) is 9.64. The fourth-order valence-corrected chi connectivity index (χ4v) is 4.67. The number of carboxylic acid groups (broad SMARTS) is 1. The highest BCUT2D eigenvalue weighted by atomic mass is 32.2. The summed E-state index contributed by atoms with van der Waals surface area (Å²) < 4.78 is 31.2. The zero-order chi connectivity index (χ0) is 23.4. The first-order valence-corrected chi connectivity index (χ1v) is 12.7. The summed E-state index contributed by atoms with van der Waals surface area (Å²) in [5.74, 6) is 0.661. The highest BCUT2D eigenvalue weighted by molar-refractivity contribution is 7.92. The van der Waals surface area contributed by atoms with Crippen LogP contribution in [-0.2, 0) is 10.0 Å². The van der Waals surface area contributed by atoms with Gasteiger partial charge in [-0.25, -0.2) is 13.2 Å². The van der Waals surface area contributed by atoms with E-state index in [0.717, 1.165) is 43.1 Å². The van der Waals surface area contributed by atoms with Crippen molar-refractivity contribution in [2.24, 2.45) is 5.41 Å². The van der Waals surface area contributed by atoms with E-state index in [2.05, 4.69) is 18.6 Å². The van der Waals surface area contributed by atoms with Gasteiger partial charge in [-0.1, -0.05) is 38.1 Å². The van der Waals surface area contributed by atoms with Crippen LogP contribution in [0.15, 0.2) is 48.5 Å². The van der Waals surface area contributed by atoms with Crippen LogP contribution in [0.3, 0.4) is 0 Å². The first kappa shape index (κ1) is 23.9. The molecule has 0 radical (unpaired) electrons. The van der Waals surface area contributed by atoms with Gasteiger partial charge in [0.15, 0.2) is 0 Å². The summed E-state index contributed by atoms with van der Waals surface area (Å²) in [6, 6.07) is 14.7. The number of hydrogen-bond acceptors (Lipinski definition) is 4. The largest absolute Gasteiger partial charge is 0.492 e. The summed E-state index contributed by atoms with van der Waals surface area (Å²) >= 11 is 0. The minimum absolute atomic E-state index is 0.0549. The van der Waals surface area contributed by atoms with E-state index in [4.69, 9.17) is 4.74 Å². The van der Waals surface area contributed by atoms with Gasteiger partial charge >= 0.3 is 6.09 Å². The monoisotopic (exact) mass is 460 g/mol. The molecule has 0 heterocycles. The van der Waals surface area contributed by atoms with Gasteiger partial charge in [-0.3, -0.25) is 4.72 Å². The molecule has 1 saturated carbocycles. The second kappa shape index (κ2) is 9.81. The van der Waals surface area contributed by atoms with E-state index in [9.17, 15) is 18.3 Å². The summed E-state index contributed by atoms with van der Waals surface area (Å²) in [4.78, 5) is 13.3. The Morgan fingerprint density at radius 1 is 1.12 bits per heavy atom. The van der Waals surface area contributed by atoms with E-state index in [1.165, 1.54) is 4.90 Å². The van der Waals surface area contributed by atoms with Crippen molar-refractivity contribution in [3.8, 4) is 16.9 Å². The van der Waals surface area contributed by atoms with Crippen molar-refractivity contribution in [1.29, 1.82) is 0 Å². The van der Waals surface area contributed by atoms with Crippen LogP contribution >= 0.6 is 0 Å². The molecule has 1 amide bonds. The summed E-state index contributed by atoms with van der Waals surface area (Å²) in [6.45, 7) is 5.10. The van der Waals surface area contributed by atoms with Crippen LogP contribution in [0.5, 0.6) is 5.75 Å². The summed E-state index contributed by atoms with van der Waals surface area (Å²) in [6.07, 6.45) is 4.07. The van der Waals surface area contributed by atoms with Gasteiger partial charge in [-0.05, 0) is 66.5 Å². The highest BCUT2D eigenvalue weighted by Gasteiger charge is 2.32. The van der Waals surface area contributed by atoms with Crippen molar-refractivity contribution < 1.29 is 23.1 Å². The molecule has 174 valence electrons. The first-order chi connectivity index (χ1) is 15.0. The van der Waals surface area contributed by atoms with Gasteiger partial charge in [-0.15, -0.1) is 0 Å². The SMILES string of the molecule is CC1(C)CCC(N(CCOc2ccc(-c3cccc(NS(C)(=O)=O)c3)cc2)C(=O)O)CC1. The van der Waals surface area contributed by atoms with Crippen molar-refractivity contribution in [3.63, 3.8) is 0 Å². The van der Waals surface area contributed by atoms with Crippen LogP contribution < -0.4 is 9.46 Å². The summed E-state index contributed by atoms with van der Waals surface area (Å²) in [5.41, 5.74) is 2.60. The molecule has 0 saturated heterocycles. The molecule has 0 bridgehead atoms. The van der Waals surface area contributed by atoms with Crippen LogP contribution in [0.2, 0.25) is 0 Å². The van der Waals surface area contributed by atoms with Gasteiger partial charge in [0, 0.05) is 11.7 Å². The van der Waals surface area contributed by atoms with E-state index in [-0.39, 0.29) is 6.04 Å². The quantitative estimate of drug-likeness (QED) is 0.574. The zero-order valence-electron chi connectivity index (χ0n) is 18.9. The second-order valence-electron chi connectivity index (χ2n) is 9.20. The first-order valence-electron chi connectivity index (χ1n) is 10.8. The molecule has 7 nitrogen and oxygen atoms in total. The molecule has 0 spiro atoms. The topological polar surface area (TPSA) is 95.9 Å². The third-order valence-electron chi connectivity index (χ3n) is 5.95. The number of rotatable bonds is 8. The van der Waals surface area contributed by atoms with Crippen molar-refractivity contribution >= 4 is 21.8 Å². The lowest BCUT2D eigenvalue weighted by Crippen LogP contribution is -2.44. The maximum absolute atomic E-state index is 11.7. The summed E-state index contributed by atoms with van der Waals surface area (Å²) in [7, 11) is -3.34. The molecule has 8 heteroatoms. The van der Waals surface area contributed by atoms with Gasteiger partial charge < -0.3 is 14.7 Å². The Hall–Kier alpha value is -2.74. The molecule has 1 aliphatic carbocycles. The lowest BCUT2D eigenvalue weighted by Gasteiger charge is -2.38.